The van der Waals surface area contributed by atoms with Gasteiger partial charge in [-0.05, 0) is 36.6 Å². The number of pyridine rings is 1. The summed E-state index contributed by atoms with van der Waals surface area (Å²) in [6.07, 6.45) is 8.85. The van der Waals surface area contributed by atoms with Crippen molar-refractivity contribution in [3.63, 3.8) is 0 Å². The first-order valence-corrected chi connectivity index (χ1v) is 7.19. The van der Waals surface area contributed by atoms with Gasteiger partial charge in [0.2, 0.25) is 5.91 Å². The maximum atomic E-state index is 12.2. The van der Waals surface area contributed by atoms with Gasteiger partial charge in [0.15, 0.2) is 5.82 Å². The first kappa shape index (κ1) is 19.4. The van der Waals surface area contributed by atoms with Crippen LogP contribution in [0.1, 0.15) is 31.2 Å². The van der Waals surface area contributed by atoms with Crippen molar-refractivity contribution < 1.29 is 4.79 Å². The molecule has 8 heteroatoms. The summed E-state index contributed by atoms with van der Waals surface area (Å²) in [7, 11) is 0. The molecule has 0 bridgehead atoms. The molecule has 0 unspecified atom stereocenters. The van der Waals surface area contributed by atoms with Crippen LogP contribution in [-0.2, 0) is 11.3 Å². The Hall–Kier alpha value is -1.63. The topological polar surface area (TPSA) is 85.8 Å². The lowest BCUT2D eigenvalue weighted by Gasteiger charge is -2.22. The maximum absolute atomic E-state index is 12.2. The third-order valence-electron chi connectivity index (χ3n) is 3.95. The summed E-state index contributed by atoms with van der Waals surface area (Å²) in [5, 5.41) is 7.08. The summed E-state index contributed by atoms with van der Waals surface area (Å²) in [5.74, 6) is 0.674. The van der Waals surface area contributed by atoms with Crippen molar-refractivity contribution in [2.45, 2.75) is 37.8 Å². The zero-order chi connectivity index (χ0) is 14.7. The van der Waals surface area contributed by atoms with Gasteiger partial charge in [0, 0.05) is 25.1 Å². The molecule has 1 amide bonds. The van der Waals surface area contributed by atoms with E-state index in [1.165, 1.54) is 0 Å². The highest BCUT2D eigenvalue weighted by atomic mass is 35.5. The number of rotatable bonds is 4. The van der Waals surface area contributed by atoms with Gasteiger partial charge in [0.1, 0.15) is 0 Å². The minimum atomic E-state index is -0.683. The normalized spacial score (nSPS) is 15.3. The second kappa shape index (κ2) is 8.29. The maximum Gasteiger partial charge on any atom is 0.240 e. The van der Waals surface area contributed by atoms with Crippen molar-refractivity contribution in [2.24, 2.45) is 5.73 Å². The van der Waals surface area contributed by atoms with E-state index in [4.69, 9.17) is 5.73 Å². The fourth-order valence-electron chi connectivity index (χ4n) is 2.69. The molecule has 2 heterocycles. The highest BCUT2D eigenvalue weighted by Gasteiger charge is 2.36. The average molecular weight is 358 g/mol. The number of nitrogens with two attached hydrogens (primary N) is 1. The Morgan fingerprint density at radius 3 is 2.70 bits per heavy atom. The van der Waals surface area contributed by atoms with Crippen LogP contribution in [0.3, 0.4) is 0 Å². The van der Waals surface area contributed by atoms with Crippen LogP contribution in [0.15, 0.2) is 36.8 Å². The summed E-state index contributed by atoms with van der Waals surface area (Å²) in [4.78, 5) is 16.4. The van der Waals surface area contributed by atoms with E-state index in [9.17, 15) is 4.79 Å². The predicted molar refractivity (Wildman–Crippen MR) is 93.1 cm³/mol. The van der Waals surface area contributed by atoms with Crippen LogP contribution in [0.2, 0.25) is 0 Å². The van der Waals surface area contributed by atoms with Gasteiger partial charge >= 0.3 is 0 Å². The number of hydrogen-bond acceptors (Lipinski definition) is 4. The van der Waals surface area contributed by atoms with E-state index in [0.717, 1.165) is 37.1 Å². The van der Waals surface area contributed by atoms with Gasteiger partial charge in [-0.3, -0.25) is 4.79 Å². The summed E-state index contributed by atoms with van der Waals surface area (Å²) in [5.41, 5.74) is 6.43. The third kappa shape index (κ3) is 4.43. The first-order valence-electron chi connectivity index (χ1n) is 7.19. The second-order valence-corrected chi connectivity index (χ2v) is 5.52. The summed E-state index contributed by atoms with van der Waals surface area (Å²) >= 11 is 0. The molecule has 1 aliphatic carbocycles. The van der Waals surface area contributed by atoms with Crippen LogP contribution in [0.4, 0.5) is 0 Å². The summed E-state index contributed by atoms with van der Waals surface area (Å²) in [6.45, 7) is 0.453. The van der Waals surface area contributed by atoms with Crippen LogP contribution in [0.25, 0.3) is 5.82 Å². The Balaban J connectivity index is 0.00000132. The predicted octanol–water partition coefficient (Wildman–Crippen LogP) is 2.00. The van der Waals surface area contributed by atoms with Crippen molar-refractivity contribution in [3.8, 4) is 5.82 Å². The largest absolute Gasteiger partial charge is 0.350 e. The van der Waals surface area contributed by atoms with E-state index in [-0.39, 0.29) is 30.7 Å². The molecule has 0 aromatic carbocycles. The van der Waals surface area contributed by atoms with Crippen LogP contribution in [-0.4, -0.2) is 26.2 Å². The molecule has 2 aromatic heterocycles. The molecule has 126 valence electrons. The third-order valence-corrected chi connectivity index (χ3v) is 3.95. The number of nitrogens with zero attached hydrogens (tertiary/aromatic N) is 3. The zero-order valence-corrected chi connectivity index (χ0v) is 14.3. The number of hydrogen-bond donors (Lipinski definition) is 2. The Bertz CT molecular complexity index is 627. The second-order valence-electron chi connectivity index (χ2n) is 5.52. The van der Waals surface area contributed by atoms with E-state index in [1.54, 1.807) is 17.1 Å². The van der Waals surface area contributed by atoms with Gasteiger partial charge in [0.25, 0.3) is 0 Å². The number of nitrogens with one attached hydrogen (secondary N) is 1. The highest BCUT2D eigenvalue weighted by molar-refractivity contribution is 5.86. The van der Waals surface area contributed by atoms with Gasteiger partial charge < -0.3 is 11.1 Å². The van der Waals surface area contributed by atoms with Crippen LogP contribution < -0.4 is 11.1 Å². The molecule has 0 atom stereocenters. The van der Waals surface area contributed by atoms with Crippen molar-refractivity contribution in [1.29, 1.82) is 0 Å². The van der Waals surface area contributed by atoms with E-state index in [2.05, 4.69) is 15.4 Å². The van der Waals surface area contributed by atoms with Crippen molar-refractivity contribution in [1.82, 2.24) is 20.1 Å². The van der Waals surface area contributed by atoms with Crippen LogP contribution >= 0.6 is 24.8 Å². The minimum absolute atomic E-state index is 0. The number of aromatic nitrogens is 3. The van der Waals surface area contributed by atoms with E-state index >= 15 is 0 Å². The van der Waals surface area contributed by atoms with E-state index in [1.807, 2.05) is 24.4 Å². The summed E-state index contributed by atoms with van der Waals surface area (Å²) in [6, 6.07) is 5.63. The molecule has 3 N–H and O–H groups in total. The minimum Gasteiger partial charge on any atom is -0.350 e. The van der Waals surface area contributed by atoms with Gasteiger partial charge in [0.05, 0.1) is 5.54 Å². The SMILES string of the molecule is Cl.Cl.NC1(C(=O)NCc2ccnc(-n3cccn3)c2)CCCC1. The fraction of sp³-hybridized carbons (Fsp3) is 0.400. The molecular weight excluding hydrogens is 337 g/mol. The molecule has 6 nitrogen and oxygen atoms in total. The molecule has 2 aromatic rings. The Labute approximate surface area is 147 Å². The molecular formula is C15H21Cl2N5O. The van der Waals surface area contributed by atoms with Crippen molar-refractivity contribution in [3.05, 3.63) is 42.4 Å². The average Bonchev–Trinajstić information content (AvgIpc) is 3.17. The lowest BCUT2D eigenvalue weighted by atomic mass is 9.98. The van der Waals surface area contributed by atoms with E-state index in [0.29, 0.717) is 6.54 Å². The molecule has 0 saturated heterocycles. The molecule has 0 aliphatic heterocycles. The first-order chi connectivity index (χ1) is 10.2. The van der Waals surface area contributed by atoms with Gasteiger partial charge in [-0.2, -0.15) is 5.10 Å². The number of carbonyl (C=O) groups is 1. The monoisotopic (exact) mass is 357 g/mol. The Kier molecular flexibility index (Phi) is 7.00. The van der Waals surface area contributed by atoms with Crippen LogP contribution in [0, 0.1) is 0 Å². The van der Waals surface area contributed by atoms with Gasteiger partial charge in [-0.25, -0.2) is 9.67 Å². The molecule has 3 rings (SSSR count). The molecule has 1 fully saturated rings. The number of carbonyl (C=O) groups excluding carboxylic acids is 1. The van der Waals surface area contributed by atoms with E-state index < -0.39 is 5.54 Å². The molecule has 23 heavy (non-hydrogen) atoms. The Morgan fingerprint density at radius 2 is 2.04 bits per heavy atom. The quantitative estimate of drug-likeness (QED) is 0.875. The zero-order valence-electron chi connectivity index (χ0n) is 12.6. The molecule has 1 aliphatic rings. The standard InChI is InChI=1S/C15H19N5O.2ClH/c16-15(5-1-2-6-15)14(21)18-11-12-4-8-17-13(10-12)20-9-3-7-19-20;;/h3-4,7-10H,1-2,5-6,11,16H2,(H,18,21);2*1H. The fourth-order valence-corrected chi connectivity index (χ4v) is 2.69. The Morgan fingerprint density at radius 1 is 1.30 bits per heavy atom. The van der Waals surface area contributed by atoms with Gasteiger partial charge in [-0.1, -0.05) is 12.8 Å². The smallest absolute Gasteiger partial charge is 0.240 e. The van der Waals surface area contributed by atoms with Gasteiger partial charge in [-0.15, -0.1) is 24.8 Å². The summed E-state index contributed by atoms with van der Waals surface area (Å²) < 4.78 is 1.69. The van der Waals surface area contributed by atoms with Crippen molar-refractivity contribution in [2.75, 3.05) is 0 Å². The number of amides is 1. The molecule has 0 spiro atoms. The lowest BCUT2D eigenvalue weighted by molar-refractivity contribution is -0.126. The number of halogens is 2. The van der Waals surface area contributed by atoms with Crippen LogP contribution in [0.5, 0.6) is 0 Å². The van der Waals surface area contributed by atoms with Crippen molar-refractivity contribution >= 4 is 30.7 Å². The molecule has 0 radical (unpaired) electrons. The highest BCUT2D eigenvalue weighted by Crippen LogP contribution is 2.27. The molecule has 1 saturated carbocycles. The lowest BCUT2D eigenvalue weighted by Crippen LogP contribution is -2.51.